The van der Waals surface area contributed by atoms with E-state index in [9.17, 15) is 17.6 Å². The second kappa shape index (κ2) is 6.70. The van der Waals surface area contributed by atoms with Crippen LogP contribution in [0, 0.1) is 5.82 Å². The number of hydrogen-bond acceptors (Lipinski definition) is 5. The fourth-order valence-electron chi connectivity index (χ4n) is 1.98. The molecule has 0 saturated heterocycles. The zero-order chi connectivity index (χ0) is 18.0. The van der Waals surface area contributed by atoms with Crippen molar-refractivity contribution in [1.82, 2.24) is 0 Å². The fourth-order valence-corrected chi connectivity index (χ4v) is 3.28. The van der Waals surface area contributed by atoms with Crippen LogP contribution in [-0.4, -0.2) is 14.4 Å². The number of carbonyl (C=O) groups is 1. The van der Waals surface area contributed by atoms with Gasteiger partial charge in [0.15, 0.2) is 11.6 Å². The number of ether oxygens (including phenoxy) is 1. The maximum Gasteiger partial charge on any atom is 0.379 e. The van der Waals surface area contributed by atoms with E-state index in [1.54, 1.807) is 0 Å². The quantitative estimate of drug-likeness (QED) is 0.502. The van der Waals surface area contributed by atoms with Crippen LogP contribution < -0.4 is 4.74 Å². The molecular weight excluding hydrogens is 371 g/mol. The Morgan fingerprint density at radius 3 is 2.36 bits per heavy atom. The van der Waals surface area contributed by atoms with E-state index in [-0.39, 0.29) is 16.4 Å². The zero-order valence-corrected chi connectivity index (χ0v) is 14.1. The molecule has 0 unspecified atom stereocenters. The van der Waals surface area contributed by atoms with Gasteiger partial charge in [0.1, 0.15) is 0 Å². The van der Waals surface area contributed by atoms with E-state index >= 15 is 0 Å². The van der Waals surface area contributed by atoms with Gasteiger partial charge in [-0.15, -0.1) is 0 Å². The Kier molecular flexibility index (Phi) is 4.61. The standard InChI is InChI=1S/C17H10ClFO5S/c18-11-5-7-12(8-6-11)25(21,22)16-10-9-15(23-16)17(20)24-14-4-2-1-3-13(14)19/h1-10H. The lowest BCUT2D eigenvalue weighted by Crippen LogP contribution is -2.08. The first-order valence-corrected chi connectivity index (χ1v) is 8.81. The van der Waals surface area contributed by atoms with Gasteiger partial charge in [-0.1, -0.05) is 23.7 Å². The molecule has 3 rings (SSSR count). The number of furan rings is 1. The smallest absolute Gasteiger partial charge is 0.379 e. The van der Waals surface area contributed by atoms with Crippen molar-refractivity contribution < 1.29 is 26.8 Å². The zero-order valence-electron chi connectivity index (χ0n) is 12.5. The Labute approximate surface area is 147 Å². The monoisotopic (exact) mass is 380 g/mol. The van der Waals surface area contributed by atoms with Gasteiger partial charge in [0, 0.05) is 5.02 Å². The van der Waals surface area contributed by atoms with Crippen molar-refractivity contribution >= 4 is 27.4 Å². The SMILES string of the molecule is O=C(Oc1ccccc1F)c1ccc(S(=O)(=O)c2ccc(Cl)cc2)o1. The van der Waals surface area contributed by atoms with Crippen molar-refractivity contribution in [1.29, 1.82) is 0 Å². The summed E-state index contributed by atoms with van der Waals surface area (Å²) in [5.74, 6) is -2.39. The first kappa shape index (κ1) is 17.2. The first-order chi connectivity index (χ1) is 11.9. The molecule has 1 heterocycles. The Morgan fingerprint density at radius 1 is 1.00 bits per heavy atom. The molecule has 3 aromatic rings. The summed E-state index contributed by atoms with van der Waals surface area (Å²) in [6, 6.07) is 13.1. The van der Waals surface area contributed by atoms with Gasteiger partial charge in [0.05, 0.1) is 4.90 Å². The minimum atomic E-state index is -3.96. The van der Waals surface area contributed by atoms with Crippen molar-refractivity contribution in [2.45, 2.75) is 9.99 Å². The van der Waals surface area contributed by atoms with Crippen LogP contribution in [-0.2, 0) is 9.84 Å². The van der Waals surface area contributed by atoms with Gasteiger partial charge in [-0.2, -0.15) is 0 Å². The molecule has 8 heteroatoms. The lowest BCUT2D eigenvalue weighted by atomic mass is 10.3. The molecule has 1 aromatic heterocycles. The van der Waals surface area contributed by atoms with Crippen LogP contribution in [0.4, 0.5) is 4.39 Å². The molecule has 128 valence electrons. The molecule has 2 aromatic carbocycles. The van der Waals surface area contributed by atoms with E-state index in [0.29, 0.717) is 5.02 Å². The minimum absolute atomic E-state index is 0.0414. The van der Waals surface area contributed by atoms with Gasteiger partial charge in [-0.3, -0.25) is 0 Å². The Hall–Kier alpha value is -2.64. The maximum absolute atomic E-state index is 13.5. The molecule has 0 N–H and O–H groups in total. The molecule has 0 aliphatic carbocycles. The molecule has 0 atom stereocenters. The molecule has 0 aliphatic heterocycles. The van der Waals surface area contributed by atoms with Crippen LogP contribution in [0.2, 0.25) is 5.02 Å². The lowest BCUT2D eigenvalue weighted by molar-refractivity contribution is 0.0688. The molecule has 0 spiro atoms. The Balaban J connectivity index is 1.85. The average Bonchev–Trinajstić information content (AvgIpc) is 3.08. The van der Waals surface area contributed by atoms with Crippen molar-refractivity contribution in [2.75, 3.05) is 0 Å². The third-order valence-electron chi connectivity index (χ3n) is 3.21. The second-order valence-electron chi connectivity index (χ2n) is 4.90. The molecule has 0 aliphatic rings. The highest BCUT2D eigenvalue weighted by Crippen LogP contribution is 2.25. The third kappa shape index (κ3) is 3.57. The Morgan fingerprint density at radius 2 is 1.68 bits per heavy atom. The van der Waals surface area contributed by atoms with Crippen LogP contribution in [0.15, 0.2) is 75.1 Å². The second-order valence-corrected chi connectivity index (χ2v) is 7.21. The van der Waals surface area contributed by atoms with E-state index in [2.05, 4.69) is 0 Å². The van der Waals surface area contributed by atoms with Crippen LogP contribution in [0.5, 0.6) is 5.75 Å². The van der Waals surface area contributed by atoms with Gasteiger partial charge >= 0.3 is 5.97 Å². The predicted molar refractivity (Wildman–Crippen MR) is 87.0 cm³/mol. The highest BCUT2D eigenvalue weighted by molar-refractivity contribution is 7.91. The highest BCUT2D eigenvalue weighted by Gasteiger charge is 2.24. The van der Waals surface area contributed by atoms with Crippen LogP contribution in [0.3, 0.4) is 0 Å². The molecular formula is C17H10ClFO5S. The summed E-state index contributed by atoms with van der Waals surface area (Å²) in [7, 11) is -3.96. The minimum Gasteiger partial charge on any atom is -0.437 e. The first-order valence-electron chi connectivity index (χ1n) is 6.95. The fraction of sp³-hybridized carbons (Fsp3) is 0. The van der Waals surface area contributed by atoms with Gasteiger partial charge < -0.3 is 9.15 Å². The maximum atomic E-state index is 13.5. The number of benzene rings is 2. The summed E-state index contributed by atoms with van der Waals surface area (Å²) >= 11 is 5.73. The number of sulfone groups is 1. The van der Waals surface area contributed by atoms with Gasteiger partial charge in [-0.25, -0.2) is 17.6 Å². The van der Waals surface area contributed by atoms with Gasteiger partial charge in [-0.05, 0) is 48.5 Å². The summed E-state index contributed by atoms with van der Waals surface area (Å²) in [6.45, 7) is 0. The molecule has 0 radical (unpaired) electrons. The van der Waals surface area contributed by atoms with E-state index in [1.807, 2.05) is 0 Å². The van der Waals surface area contributed by atoms with Crippen molar-refractivity contribution in [3.8, 4) is 5.75 Å². The van der Waals surface area contributed by atoms with Crippen molar-refractivity contribution in [2.24, 2.45) is 0 Å². The molecule has 25 heavy (non-hydrogen) atoms. The van der Waals surface area contributed by atoms with Crippen LogP contribution in [0.1, 0.15) is 10.6 Å². The average molecular weight is 381 g/mol. The number of esters is 1. The topological polar surface area (TPSA) is 73.6 Å². The van der Waals surface area contributed by atoms with Crippen molar-refractivity contribution in [3.05, 3.63) is 77.3 Å². The molecule has 0 amide bonds. The number of hydrogen-bond donors (Lipinski definition) is 0. The number of halogens is 2. The summed E-state index contributed by atoms with van der Waals surface area (Å²) in [5, 5.41) is -0.0529. The third-order valence-corrected chi connectivity index (χ3v) is 5.10. The van der Waals surface area contributed by atoms with Gasteiger partial charge in [0.2, 0.25) is 20.7 Å². The highest BCUT2D eigenvalue weighted by atomic mass is 35.5. The van der Waals surface area contributed by atoms with Crippen LogP contribution >= 0.6 is 11.6 Å². The summed E-state index contributed by atoms with van der Waals surface area (Å²) < 4.78 is 48.3. The van der Waals surface area contributed by atoms with E-state index in [1.165, 1.54) is 42.5 Å². The normalized spacial score (nSPS) is 11.3. The molecule has 0 bridgehead atoms. The number of rotatable bonds is 4. The molecule has 0 fully saturated rings. The lowest BCUT2D eigenvalue weighted by Gasteiger charge is -2.03. The summed E-state index contributed by atoms with van der Waals surface area (Å²) in [4.78, 5) is 12.0. The van der Waals surface area contributed by atoms with Crippen molar-refractivity contribution in [3.63, 3.8) is 0 Å². The molecule has 0 saturated carbocycles. The number of para-hydroxylation sites is 1. The number of carbonyl (C=O) groups excluding carboxylic acids is 1. The van der Waals surface area contributed by atoms with E-state index < -0.39 is 26.7 Å². The Bertz CT molecular complexity index is 1030. The van der Waals surface area contributed by atoms with Crippen LogP contribution in [0.25, 0.3) is 0 Å². The summed E-state index contributed by atoms with van der Waals surface area (Å²) in [5.41, 5.74) is 0. The van der Waals surface area contributed by atoms with E-state index in [4.69, 9.17) is 20.8 Å². The molecule has 5 nitrogen and oxygen atoms in total. The largest absolute Gasteiger partial charge is 0.437 e. The van der Waals surface area contributed by atoms with E-state index in [0.717, 1.165) is 18.2 Å². The predicted octanol–water partition coefficient (Wildman–Crippen LogP) is 4.12. The van der Waals surface area contributed by atoms with Gasteiger partial charge in [0.25, 0.3) is 0 Å². The summed E-state index contributed by atoms with van der Waals surface area (Å²) in [6.07, 6.45) is 0.